The number of carbonyl (C=O) groups is 1. The molecular formula is C15H28N2O. The second-order valence-corrected chi connectivity index (χ2v) is 6.26. The minimum atomic E-state index is 0.368. The average Bonchev–Trinajstić information content (AvgIpc) is 2.89. The molecule has 0 radical (unpaired) electrons. The molecular weight excluding hydrogens is 224 g/mol. The van der Waals surface area contributed by atoms with Gasteiger partial charge in [-0.2, -0.15) is 0 Å². The van der Waals surface area contributed by atoms with Crippen LogP contribution in [0.25, 0.3) is 0 Å². The van der Waals surface area contributed by atoms with Crippen LogP contribution < -0.4 is 5.73 Å². The van der Waals surface area contributed by atoms with Crippen LogP contribution in [0.2, 0.25) is 0 Å². The molecule has 2 unspecified atom stereocenters. The lowest BCUT2D eigenvalue weighted by molar-refractivity contribution is -0.135. The zero-order chi connectivity index (χ0) is 13.0. The van der Waals surface area contributed by atoms with Crippen LogP contribution in [0.3, 0.4) is 0 Å². The van der Waals surface area contributed by atoms with Crippen molar-refractivity contribution in [2.24, 2.45) is 17.6 Å². The number of nitrogens with two attached hydrogens (primary N) is 1. The smallest absolute Gasteiger partial charge is 0.222 e. The highest BCUT2D eigenvalue weighted by Gasteiger charge is 2.28. The van der Waals surface area contributed by atoms with Crippen molar-refractivity contribution in [2.45, 2.75) is 64.3 Å². The van der Waals surface area contributed by atoms with Gasteiger partial charge in [0.05, 0.1) is 0 Å². The van der Waals surface area contributed by atoms with Crippen LogP contribution in [0.15, 0.2) is 0 Å². The van der Waals surface area contributed by atoms with Crippen LogP contribution in [-0.4, -0.2) is 29.9 Å². The van der Waals surface area contributed by atoms with Crippen molar-refractivity contribution in [1.29, 1.82) is 0 Å². The summed E-state index contributed by atoms with van der Waals surface area (Å²) in [6, 6.07) is 0.420. The van der Waals surface area contributed by atoms with E-state index < -0.39 is 0 Å². The van der Waals surface area contributed by atoms with Crippen molar-refractivity contribution in [2.75, 3.05) is 13.1 Å². The second-order valence-electron chi connectivity index (χ2n) is 6.26. The van der Waals surface area contributed by atoms with Gasteiger partial charge in [-0.3, -0.25) is 4.79 Å². The lowest BCUT2D eigenvalue weighted by atomic mass is 9.92. The molecule has 2 aliphatic rings. The summed E-state index contributed by atoms with van der Waals surface area (Å²) in [6.07, 6.45) is 9.59. The Hall–Kier alpha value is -0.570. The van der Waals surface area contributed by atoms with Crippen LogP contribution >= 0.6 is 0 Å². The van der Waals surface area contributed by atoms with Crippen LogP contribution in [0.5, 0.6) is 0 Å². The van der Waals surface area contributed by atoms with Crippen LogP contribution in [0.4, 0.5) is 0 Å². The molecule has 1 aliphatic carbocycles. The first-order valence-electron chi connectivity index (χ1n) is 7.70. The van der Waals surface area contributed by atoms with Gasteiger partial charge in [0.1, 0.15) is 0 Å². The molecule has 1 heterocycles. The van der Waals surface area contributed by atoms with E-state index in [1.54, 1.807) is 0 Å². The molecule has 2 atom stereocenters. The summed E-state index contributed by atoms with van der Waals surface area (Å²) in [6.45, 7) is 3.79. The predicted molar refractivity (Wildman–Crippen MR) is 74.1 cm³/mol. The van der Waals surface area contributed by atoms with E-state index in [1.165, 1.54) is 32.1 Å². The number of likely N-dealkylation sites (tertiary alicyclic amines) is 1. The standard InChI is InChI=1S/C15H28N2O/c1-12-6-7-14(10-16)11-17(12)15(18)9-8-13-4-2-3-5-13/h12-14H,2-11,16H2,1H3. The molecule has 0 aromatic heterocycles. The van der Waals surface area contributed by atoms with Crippen LogP contribution in [0.1, 0.15) is 58.3 Å². The highest BCUT2D eigenvalue weighted by molar-refractivity contribution is 5.76. The zero-order valence-electron chi connectivity index (χ0n) is 11.7. The summed E-state index contributed by atoms with van der Waals surface area (Å²) in [5, 5.41) is 0. The topological polar surface area (TPSA) is 46.3 Å². The van der Waals surface area contributed by atoms with Crippen LogP contribution in [-0.2, 0) is 4.79 Å². The van der Waals surface area contributed by atoms with Gasteiger partial charge in [0.15, 0.2) is 0 Å². The van der Waals surface area contributed by atoms with Gasteiger partial charge in [0.25, 0.3) is 0 Å². The summed E-state index contributed by atoms with van der Waals surface area (Å²) in [4.78, 5) is 14.4. The van der Waals surface area contributed by atoms with Crippen molar-refractivity contribution < 1.29 is 4.79 Å². The van der Waals surface area contributed by atoms with E-state index in [4.69, 9.17) is 5.73 Å². The van der Waals surface area contributed by atoms with E-state index >= 15 is 0 Å². The monoisotopic (exact) mass is 252 g/mol. The molecule has 104 valence electrons. The molecule has 3 heteroatoms. The molecule has 1 saturated heterocycles. The maximum atomic E-state index is 12.3. The third-order valence-electron chi connectivity index (χ3n) is 4.87. The number of rotatable bonds is 4. The number of carbonyl (C=O) groups excluding carboxylic acids is 1. The van der Waals surface area contributed by atoms with Gasteiger partial charge in [-0.1, -0.05) is 25.7 Å². The normalized spacial score (nSPS) is 29.8. The third-order valence-corrected chi connectivity index (χ3v) is 4.87. The fourth-order valence-corrected chi connectivity index (χ4v) is 3.49. The molecule has 1 saturated carbocycles. The third kappa shape index (κ3) is 3.47. The van der Waals surface area contributed by atoms with Gasteiger partial charge >= 0.3 is 0 Å². The first-order chi connectivity index (χ1) is 8.70. The fraction of sp³-hybridized carbons (Fsp3) is 0.933. The lowest BCUT2D eigenvalue weighted by Crippen LogP contribution is -2.47. The number of hydrogen-bond acceptors (Lipinski definition) is 2. The molecule has 0 aromatic carbocycles. The molecule has 1 aliphatic heterocycles. The Bertz CT molecular complexity index is 274. The minimum Gasteiger partial charge on any atom is -0.340 e. The van der Waals surface area contributed by atoms with E-state index in [2.05, 4.69) is 11.8 Å². The van der Waals surface area contributed by atoms with Crippen molar-refractivity contribution in [1.82, 2.24) is 4.90 Å². The summed E-state index contributed by atoms with van der Waals surface area (Å²) in [5.41, 5.74) is 5.75. The number of hydrogen-bond donors (Lipinski definition) is 1. The Morgan fingerprint density at radius 3 is 2.56 bits per heavy atom. The zero-order valence-corrected chi connectivity index (χ0v) is 11.7. The highest BCUT2D eigenvalue weighted by Crippen LogP contribution is 2.29. The molecule has 2 rings (SSSR count). The van der Waals surface area contributed by atoms with Gasteiger partial charge < -0.3 is 10.6 Å². The number of amides is 1. The number of piperidine rings is 1. The van der Waals surface area contributed by atoms with E-state index in [-0.39, 0.29) is 0 Å². The van der Waals surface area contributed by atoms with Crippen molar-refractivity contribution in [3.05, 3.63) is 0 Å². The van der Waals surface area contributed by atoms with E-state index in [1.807, 2.05) is 0 Å². The Labute approximate surface area is 111 Å². The Balaban J connectivity index is 1.78. The van der Waals surface area contributed by atoms with Crippen LogP contribution in [0, 0.1) is 11.8 Å². The van der Waals surface area contributed by atoms with E-state index in [0.717, 1.165) is 38.3 Å². The van der Waals surface area contributed by atoms with Gasteiger partial charge in [-0.05, 0) is 44.6 Å². The largest absolute Gasteiger partial charge is 0.340 e. The second kappa shape index (κ2) is 6.55. The van der Waals surface area contributed by atoms with Crippen molar-refractivity contribution >= 4 is 5.91 Å². The van der Waals surface area contributed by atoms with Gasteiger partial charge in [0, 0.05) is 19.0 Å². The lowest BCUT2D eigenvalue weighted by Gasteiger charge is -2.38. The summed E-state index contributed by atoms with van der Waals surface area (Å²) in [7, 11) is 0. The maximum absolute atomic E-state index is 12.3. The molecule has 0 aromatic rings. The molecule has 0 spiro atoms. The quantitative estimate of drug-likeness (QED) is 0.835. The van der Waals surface area contributed by atoms with E-state index in [0.29, 0.717) is 17.9 Å². The van der Waals surface area contributed by atoms with Crippen molar-refractivity contribution in [3.63, 3.8) is 0 Å². The van der Waals surface area contributed by atoms with E-state index in [9.17, 15) is 4.79 Å². The first kappa shape index (κ1) is 13.9. The molecule has 2 fully saturated rings. The summed E-state index contributed by atoms with van der Waals surface area (Å²) < 4.78 is 0. The Morgan fingerprint density at radius 1 is 1.17 bits per heavy atom. The summed E-state index contributed by atoms with van der Waals surface area (Å²) >= 11 is 0. The van der Waals surface area contributed by atoms with Gasteiger partial charge in [-0.25, -0.2) is 0 Å². The molecule has 0 bridgehead atoms. The average molecular weight is 252 g/mol. The van der Waals surface area contributed by atoms with Crippen molar-refractivity contribution in [3.8, 4) is 0 Å². The minimum absolute atomic E-state index is 0.368. The molecule has 3 nitrogen and oxygen atoms in total. The molecule has 2 N–H and O–H groups in total. The maximum Gasteiger partial charge on any atom is 0.222 e. The molecule has 1 amide bonds. The van der Waals surface area contributed by atoms with Gasteiger partial charge in [0.2, 0.25) is 5.91 Å². The van der Waals surface area contributed by atoms with Gasteiger partial charge in [-0.15, -0.1) is 0 Å². The number of nitrogens with zero attached hydrogens (tertiary/aromatic N) is 1. The Kier molecular flexibility index (Phi) is 5.04. The molecule has 18 heavy (non-hydrogen) atoms. The summed E-state index contributed by atoms with van der Waals surface area (Å²) in [5.74, 6) is 1.71. The fourth-order valence-electron chi connectivity index (χ4n) is 3.49. The Morgan fingerprint density at radius 2 is 1.89 bits per heavy atom. The first-order valence-corrected chi connectivity index (χ1v) is 7.70. The SMILES string of the molecule is CC1CCC(CN)CN1C(=O)CCC1CCCC1. The highest BCUT2D eigenvalue weighted by atomic mass is 16.2. The predicted octanol–water partition coefficient (Wildman–Crippen LogP) is 2.54.